The summed E-state index contributed by atoms with van der Waals surface area (Å²) in [5, 5.41) is -0.0308. The molecule has 2 aliphatic heterocycles. The van der Waals surface area contributed by atoms with Gasteiger partial charge in [-0.15, -0.1) is 11.8 Å². The van der Waals surface area contributed by atoms with Gasteiger partial charge >= 0.3 is 0 Å². The number of fused-ring (bicyclic) bond motifs is 1. The van der Waals surface area contributed by atoms with Crippen LogP contribution < -0.4 is 0 Å². The summed E-state index contributed by atoms with van der Waals surface area (Å²) in [5.74, 6) is 0.370. The third kappa shape index (κ3) is 1.28. The molecule has 0 bridgehead atoms. The van der Waals surface area contributed by atoms with Crippen LogP contribution in [0.25, 0.3) is 0 Å². The van der Waals surface area contributed by atoms with Gasteiger partial charge in [0.1, 0.15) is 12.4 Å². The molecule has 0 radical (unpaired) electrons. The number of carbonyl (C=O) groups excluding carboxylic acids is 1. The minimum atomic E-state index is -0.502. The van der Waals surface area contributed by atoms with E-state index in [1.165, 1.54) is 0 Å². The maximum Gasteiger partial charge on any atom is 0.163 e. The Morgan fingerprint density at radius 2 is 2.25 bits per heavy atom. The lowest BCUT2D eigenvalue weighted by Crippen LogP contribution is -2.28. The molecule has 0 aromatic heterocycles. The smallest absolute Gasteiger partial charge is 0.163 e. The van der Waals surface area contributed by atoms with Crippen LogP contribution in [-0.4, -0.2) is 35.3 Å². The molecule has 0 spiro atoms. The van der Waals surface area contributed by atoms with E-state index in [0.29, 0.717) is 0 Å². The summed E-state index contributed by atoms with van der Waals surface area (Å²) in [7, 11) is 0. The molecule has 0 aromatic rings. The van der Waals surface area contributed by atoms with E-state index in [1.54, 1.807) is 11.8 Å². The van der Waals surface area contributed by atoms with Gasteiger partial charge in [0.05, 0.1) is 11.4 Å². The zero-order chi connectivity index (χ0) is 8.77. The van der Waals surface area contributed by atoms with Gasteiger partial charge < -0.3 is 14.3 Å². The van der Waals surface area contributed by atoms with Gasteiger partial charge in [-0.25, -0.2) is 0 Å². The molecular weight excluding hydrogens is 176 g/mol. The molecule has 12 heavy (non-hydrogen) atoms. The van der Waals surface area contributed by atoms with Gasteiger partial charge in [-0.1, -0.05) is 0 Å². The first-order chi connectivity index (χ1) is 5.62. The van der Waals surface area contributed by atoms with E-state index in [4.69, 9.17) is 9.47 Å². The van der Waals surface area contributed by atoms with E-state index in [9.17, 15) is 4.79 Å². The van der Waals surface area contributed by atoms with Crippen molar-refractivity contribution in [2.45, 2.75) is 37.1 Å². The van der Waals surface area contributed by atoms with Crippen molar-refractivity contribution in [3.63, 3.8) is 0 Å². The number of carbonyl (C=O) groups is 1. The fourth-order valence-electron chi connectivity index (χ4n) is 1.69. The van der Waals surface area contributed by atoms with Gasteiger partial charge in [-0.05, 0) is 13.8 Å². The van der Waals surface area contributed by atoms with Crippen molar-refractivity contribution in [1.29, 1.82) is 0 Å². The monoisotopic (exact) mass is 188 g/mol. The minimum Gasteiger partial charge on any atom is -0.344 e. The Balaban J connectivity index is 2.11. The molecule has 2 rings (SSSR count). The van der Waals surface area contributed by atoms with E-state index >= 15 is 0 Å². The van der Waals surface area contributed by atoms with Crippen LogP contribution in [0, 0.1) is 0 Å². The lowest BCUT2D eigenvalue weighted by Gasteiger charge is -2.19. The maximum absolute atomic E-state index is 10.6. The van der Waals surface area contributed by atoms with E-state index < -0.39 is 5.79 Å². The molecule has 2 saturated heterocycles. The van der Waals surface area contributed by atoms with E-state index in [0.717, 1.165) is 12.0 Å². The maximum atomic E-state index is 10.6. The first-order valence-corrected chi connectivity index (χ1v) is 5.10. The van der Waals surface area contributed by atoms with E-state index in [-0.39, 0.29) is 17.5 Å². The Morgan fingerprint density at radius 3 is 2.92 bits per heavy atom. The molecule has 2 fully saturated rings. The summed E-state index contributed by atoms with van der Waals surface area (Å²) < 4.78 is 11.2. The lowest BCUT2D eigenvalue weighted by molar-refractivity contribution is -0.146. The highest BCUT2D eigenvalue weighted by Gasteiger charge is 2.49. The summed E-state index contributed by atoms with van der Waals surface area (Å²) in [4.78, 5) is 10.6. The first-order valence-electron chi connectivity index (χ1n) is 4.05. The number of hydrogen-bond donors (Lipinski definition) is 0. The second-order valence-electron chi connectivity index (χ2n) is 3.57. The predicted octanol–water partition coefficient (Wildman–Crippen LogP) is 0.821. The number of thioether (sulfide) groups is 1. The molecule has 3 atom stereocenters. The van der Waals surface area contributed by atoms with Gasteiger partial charge in [0.15, 0.2) is 5.79 Å². The van der Waals surface area contributed by atoms with Gasteiger partial charge in [0.2, 0.25) is 0 Å². The SMILES string of the molecule is CC1(C)O[C@H]2[C@H](CS[C@H]2C=O)O1. The first kappa shape index (κ1) is 8.53. The van der Waals surface area contributed by atoms with Crippen molar-refractivity contribution in [1.82, 2.24) is 0 Å². The van der Waals surface area contributed by atoms with Crippen LogP contribution >= 0.6 is 11.8 Å². The van der Waals surface area contributed by atoms with Crippen molar-refractivity contribution >= 4 is 18.0 Å². The second kappa shape index (κ2) is 2.72. The molecule has 2 heterocycles. The number of aldehydes is 1. The average Bonchev–Trinajstić information content (AvgIpc) is 2.42. The zero-order valence-electron chi connectivity index (χ0n) is 7.15. The molecule has 0 saturated carbocycles. The van der Waals surface area contributed by atoms with Crippen molar-refractivity contribution in [3.05, 3.63) is 0 Å². The standard InChI is InChI=1S/C8H12O3S/c1-8(2)10-5-4-12-6(3-9)7(5)11-8/h3,5-7H,4H2,1-2H3/t5-,6-,7-/m0/s1. The topological polar surface area (TPSA) is 35.5 Å². The molecule has 3 nitrogen and oxygen atoms in total. The van der Waals surface area contributed by atoms with Crippen LogP contribution in [0.2, 0.25) is 0 Å². The Labute approximate surface area is 75.8 Å². The third-order valence-electron chi connectivity index (χ3n) is 2.13. The van der Waals surface area contributed by atoms with Crippen molar-refractivity contribution in [2.75, 3.05) is 5.75 Å². The molecular formula is C8H12O3S. The molecule has 0 amide bonds. The van der Waals surface area contributed by atoms with E-state index in [2.05, 4.69) is 0 Å². The molecule has 68 valence electrons. The highest BCUT2D eigenvalue weighted by molar-refractivity contribution is 8.00. The van der Waals surface area contributed by atoms with Crippen molar-refractivity contribution in [3.8, 4) is 0 Å². The zero-order valence-corrected chi connectivity index (χ0v) is 7.97. The van der Waals surface area contributed by atoms with Crippen molar-refractivity contribution in [2.24, 2.45) is 0 Å². The summed E-state index contributed by atoms with van der Waals surface area (Å²) in [6, 6.07) is 0. The fourth-order valence-corrected chi connectivity index (χ4v) is 2.86. The highest BCUT2D eigenvalue weighted by Crippen LogP contribution is 2.40. The van der Waals surface area contributed by atoms with Crippen LogP contribution in [0.5, 0.6) is 0 Å². The summed E-state index contributed by atoms with van der Waals surface area (Å²) >= 11 is 1.62. The molecule has 0 N–H and O–H groups in total. The lowest BCUT2D eigenvalue weighted by atomic mass is 10.2. The summed E-state index contributed by atoms with van der Waals surface area (Å²) in [5.41, 5.74) is 0. The summed E-state index contributed by atoms with van der Waals surface area (Å²) in [6.07, 6.45) is 1.04. The van der Waals surface area contributed by atoms with Crippen LogP contribution in [0.4, 0.5) is 0 Å². The largest absolute Gasteiger partial charge is 0.344 e. The van der Waals surface area contributed by atoms with Gasteiger partial charge in [-0.2, -0.15) is 0 Å². The summed E-state index contributed by atoms with van der Waals surface area (Å²) in [6.45, 7) is 3.77. The number of rotatable bonds is 1. The van der Waals surface area contributed by atoms with Gasteiger partial charge in [0.25, 0.3) is 0 Å². The molecule has 2 aliphatic rings. The molecule has 0 unspecified atom stereocenters. The molecule has 0 aliphatic carbocycles. The Morgan fingerprint density at radius 1 is 1.50 bits per heavy atom. The Hall–Kier alpha value is -0.0600. The predicted molar refractivity (Wildman–Crippen MR) is 46.1 cm³/mol. The van der Waals surface area contributed by atoms with Gasteiger partial charge in [-0.3, -0.25) is 0 Å². The van der Waals surface area contributed by atoms with Crippen LogP contribution in [0.3, 0.4) is 0 Å². The molecule has 0 aromatic carbocycles. The van der Waals surface area contributed by atoms with E-state index in [1.807, 2.05) is 13.8 Å². The van der Waals surface area contributed by atoms with Crippen molar-refractivity contribution < 1.29 is 14.3 Å². The minimum absolute atomic E-state index is 0.0255. The average molecular weight is 188 g/mol. The third-order valence-corrected chi connectivity index (χ3v) is 3.42. The molecule has 4 heteroatoms. The van der Waals surface area contributed by atoms with Gasteiger partial charge in [0, 0.05) is 5.75 Å². The van der Waals surface area contributed by atoms with Crippen LogP contribution in [0.1, 0.15) is 13.8 Å². The fraction of sp³-hybridized carbons (Fsp3) is 0.875. The Bertz CT molecular complexity index is 204. The number of hydrogen-bond acceptors (Lipinski definition) is 4. The second-order valence-corrected chi connectivity index (χ2v) is 4.78. The van der Waals surface area contributed by atoms with Crippen LogP contribution in [-0.2, 0) is 14.3 Å². The normalized spacial score (nSPS) is 44.3. The highest BCUT2D eigenvalue weighted by atomic mass is 32.2. The number of ether oxygens (including phenoxy) is 2. The quantitative estimate of drug-likeness (QED) is 0.571. The van der Waals surface area contributed by atoms with Crippen LogP contribution in [0.15, 0.2) is 0 Å². The Kier molecular flexibility index (Phi) is 1.93.